The van der Waals surface area contributed by atoms with E-state index in [4.69, 9.17) is 9.26 Å². The molecule has 3 aromatic rings. The number of aliphatic hydroxyl groups excluding tert-OH is 1. The third kappa shape index (κ3) is 4.53. The third-order valence-corrected chi connectivity index (χ3v) is 12.1. The number of hydrogen-bond acceptors (Lipinski definition) is 6. The molecule has 0 aliphatic carbocycles. The van der Waals surface area contributed by atoms with Gasteiger partial charge in [0.25, 0.3) is 13.9 Å². The maximum atomic E-state index is 12.6. The summed E-state index contributed by atoms with van der Waals surface area (Å²) in [6, 6.07) is 20.5. The SMILES string of the molecule is Cc1cn([C@@]2(CO)C[C@@H](CO[Si](c3ccccc3)(c3ccccc3)C(C)(C)C)N(C)O2)c(=O)[nH]c1=O. The van der Waals surface area contributed by atoms with Gasteiger partial charge in [-0.3, -0.25) is 19.2 Å². The Bertz CT molecular complexity index is 1260. The van der Waals surface area contributed by atoms with Gasteiger partial charge in [0.05, 0.1) is 19.3 Å². The first-order valence-corrected chi connectivity index (χ1v) is 14.1. The number of hydroxylamine groups is 2. The topological polar surface area (TPSA) is 96.8 Å². The zero-order valence-corrected chi connectivity index (χ0v) is 22.5. The van der Waals surface area contributed by atoms with Gasteiger partial charge in [-0.15, -0.1) is 0 Å². The molecule has 36 heavy (non-hydrogen) atoms. The second-order valence-corrected chi connectivity index (χ2v) is 14.8. The second-order valence-electron chi connectivity index (χ2n) is 10.5. The van der Waals surface area contributed by atoms with Crippen molar-refractivity contribution >= 4 is 18.7 Å². The summed E-state index contributed by atoms with van der Waals surface area (Å²) in [4.78, 5) is 33.0. The van der Waals surface area contributed by atoms with Crippen molar-refractivity contribution in [3.05, 3.63) is 93.3 Å². The number of aliphatic hydroxyl groups is 1. The van der Waals surface area contributed by atoms with E-state index in [1.165, 1.54) is 21.1 Å². The lowest BCUT2D eigenvalue weighted by Gasteiger charge is -2.43. The minimum atomic E-state index is -2.77. The Kier molecular flexibility index (Phi) is 7.23. The number of benzene rings is 2. The van der Waals surface area contributed by atoms with Gasteiger partial charge in [-0.25, -0.2) is 4.79 Å². The van der Waals surface area contributed by atoms with E-state index in [1.54, 1.807) is 19.0 Å². The maximum absolute atomic E-state index is 12.6. The largest absolute Gasteiger partial charge is 0.406 e. The molecule has 2 heterocycles. The number of aryl methyl sites for hydroxylation is 1. The van der Waals surface area contributed by atoms with E-state index in [1.807, 2.05) is 36.4 Å². The summed E-state index contributed by atoms with van der Waals surface area (Å²) in [6.45, 7) is 8.17. The van der Waals surface area contributed by atoms with E-state index in [9.17, 15) is 14.7 Å². The molecule has 8 nitrogen and oxygen atoms in total. The molecule has 4 rings (SSSR count). The van der Waals surface area contributed by atoms with Gasteiger partial charge in [-0.05, 0) is 22.3 Å². The zero-order valence-electron chi connectivity index (χ0n) is 21.5. The van der Waals surface area contributed by atoms with Gasteiger partial charge in [-0.1, -0.05) is 81.4 Å². The molecule has 0 saturated carbocycles. The maximum Gasteiger partial charge on any atom is 0.330 e. The monoisotopic (exact) mass is 509 g/mol. The summed E-state index contributed by atoms with van der Waals surface area (Å²) in [5.41, 5.74) is -2.05. The van der Waals surface area contributed by atoms with Crippen molar-refractivity contribution in [3.8, 4) is 0 Å². The fraction of sp³-hybridized carbons (Fsp3) is 0.407. The molecule has 1 saturated heterocycles. The molecule has 1 aliphatic heterocycles. The lowest BCUT2D eigenvalue weighted by Crippen LogP contribution is -2.67. The van der Waals surface area contributed by atoms with Crippen molar-refractivity contribution < 1.29 is 14.4 Å². The van der Waals surface area contributed by atoms with E-state index >= 15 is 0 Å². The van der Waals surface area contributed by atoms with Crippen LogP contribution in [0.4, 0.5) is 0 Å². The van der Waals surface area contributed by atoms with Gasteiger partial charge in [0.1, 0.15) is 0 Å². The van der Waals surface area contributed by atoms with Crippen molar-refractivity contribution in [2.45, 2.75) is 50.9 Å². The number of likely N-dealkylation sites (N-methyl/N-ethyl adjacent to an activating group) is 1. The fourth-order valence-electron chi connectivity index (χ4n) is 5.20. The van der Waals surface area contributed by atoms with Crippen molar-refractivity contribution in [1.82, 2.24) is 14.6 Å². The van der Waals surface area contributed by atoms with Crippen LogP contribution in [0.1, 0.15) is 32.8 Å². The van der Waals surface area contributed by atoms with Crippen molar-refractivity contribution in [2.75, 3.05) is 20.3 Å². The molecular weight excluding hydrogens is 474 g/mol. The minimum absolute atomic E-state index is 0.186. The first-order chi connectivity index (χ1) is 17.0. The molecule has 0 bridgehead atoms. The lowest BCUT2D eigenvalue weighted by atomic mass is 10.1. The normalized spacial score (nSPS) is 21.1. The van der Waals surface area contributed by atoms with Gasteiger partial charge in [0, 0.05) is 25.2 Å². The third-order valence-electron chi connectivity index (χ3n) is 7.10. The van der Waals surface area contributed by atoms with Crippen LogP contribution in [0.5, 0.6) is 0 Å². The van der Waals surface area contributed by atoms with Gasteiger partial charge in [0.2, 0.25) is 0 Å². The van der Waals surface area contributed by atoms with E-state index in [2.05, 4.69) is 50.0 Å². The van der Waals surface area contributed by atoms with Crippen LogP contribution in [0.15, 0.2) is 76.4 Å². The first kappa shape index (κ1) is 26.2. The average Bonchev–Trinajstić information content (AvgIpc) is 3.18. The molecular formula is C27H35N3O5Si. The van der Waals surface area contributed by atoms with Crippen molar-refractivity contribution in [2.24, 2.45) is 0 Å². The number of rotatable bonds is 7. The van der Waals surface area contributed by atoms with Gasteiger partial charge >= 0.3 is 5.69 Å². The fourth-order valence-corrected chi connectivity index (χ4v) is 9.80. The summed E-state index contributed by atoms with van der Waals surface area (Å²) in [5.74, 6) is 0. The molecule has 0 unspecified atom stereocenters. The van der Waals surface area contributed by atoms with Gasteiger partial charge < -0.3 is 9.53 Å². The Hall–Kier alpha value is -2.82. The van der Waals surface area contributed by atoms with Crippen LogP contribution in [-0.2, 0) is 15.0 Å². The van der Waals surface area contributed by atoms with Crippen LogP contribution in [0.2, 0.25) is 5.04 Å². The van der Waals surface area contributed by atoms with Crippen molar-refractivity contribution in [1.29, 1.82) is 0 Å². The molecule has 9 heteroatoms. The highest BCUT2D eigenvalue weighted by Gasteiger charge is 2.52. The predicted octanol–water partition coefficient (Wildman–Crippen LogP) is 1.70. The number of hydrogen-bond donors (Lipinski definition) is 2. The van der Waals surface area contributed by atoms with Crippen LogP contribution in [0.25, 0.3) is 0 Å². The first-order valence-electron chi connectivity index (χ1n) is 12.1. The Labute approximate surface area is 212 Å². The molecule has 1 fully saturated rings. The highest BCUT2D eigenvalue weighted by molar-refractivity contribution is 6.99. The summed E-state index contributed by atoms with van der Waals surface area (Å²) in [6.07, 6.45) is 1.75. The Morgan fingerprint density at radius 2 is 1.64 bits per heavy atom. The molecule has 0 spiro atoms. The summed E-state index contributed by atoms with van der Waals surface area (Å²) in [7, 11) is -0.992. The van der Waals surface area contributed by atoms with Crippen LogP contribution < -0.4 is 21.6 Å². The van der Waals surface area contributed by atoms with Crippen LogP contribution in [-0.4, -0.2) is 54.3 Å². The molecule has 2 N–H and O–H groups in total. The number of nitrogens with one attached hydrogen (secondary N) is 1. The molecule has 1 aliphatic rings. The van der Waals surface area contributed by atoms with Crippen molar-refractivity contribution in [3.63, 3.8) is 0 Å². The zero-order chi connectivity index (χ0) is 26.1. The highest BCUT2D eigenvalue weighted by Crippen LogP contribution is 2.39. The molecule has 0 amide bonds. The predicted molar refractivity (Wildman–Crippen MR) is 142 cm³/mol. The number of H-pyrrole nitrogens is 1. The highest BCUT2D eigenvalue weighted by atomic mass is 28.4. The summed E-state index contributed by atoms with van der Waals surface area (Å²) in [5, 5.41) is 14.2. The van der Waals surface area contributed by atoms with Crippen LogP contribution >= 0.6 is 0 Å². The molecule has 192 valence electrons. The molecule has 0 radical (unpaired) electrons. The average molecular weight is 510 g/mol. The minimum Gasteiger partial charge on any atom is -0.406 e. The van der Waals surface area contributed by atoms with Crippen LogP contribution in [0, 0.1) is 6.92 Å². The van der Waals surface area contributed by atoms with E-state index in [-0.39, 0.29) is 11.1 Å². The smallest absolute Gasteiger partial charge is 0.330 e. The van der Waals surface area contributed by atoms with E-state index in [0.717, 1.165) is 0 Å². The number of aromatic nitrogens is 2. The van der Waals surface area contributed by atoms with Gasteiger partial charge in [0.15, 0.2) is 5.72 Å². The number of aromatic amines is 1. The van der Waals surface area contributed by atoms with E-state index < -0.39 is 31.9 Å². The summed E-state index contributed by atoms with van der Waals surface area (Å²) >= 11 is 0. The standard InChI is InChI=1S/C27H35N3O5Si/c1-20-17-30(25(33)28-24(20)32)27(19-31)16-21(29(5)35-27)18-34-36(26(2,3)4,22-12-8-6-9-13-22)23-14-10-7-11-15-23/h6-15,17,21,31H,16,18-19H2,1-5H3,(H,28,32,33)/t21-,27-/m0/s1. The van der Waals surface area contributed by atoms with Crippen LogP contribution in [0.3, 0.4) is 0 Å². The Morgan fingerprint density at radius 1 is 1.08 bits per heavy atom. The summed E-state index contributed by atoms with van der Waals surface area (Å²) < 4.78 is 8.34. The number of nitrogens with zero attached hydrogens (tertiary/aromatic N) is 2. The quantitative estimate of drug-likeness (QED) is 0.471. The molecule has 2 atom stereocenters. The Morgan fingerprint density at radius 3 is 2.14 bits per heavy atom. The Balaban J connectivity index is 1.72. The second kappa shape index (κ2) is 9.91. The van der Waals surface area contributed by atoms with Gasteiger partial charge in [-0.2, -0.15) is 5.06 Å². The molecule has 2 aromatic carbocycles. The lowest BCUT2D eigenvalue weighted by molar-refractivity contribution is -0.239. The molecule has 1 aromatic heterocycles. The van der Waals surface area contributed by atoms with E-state index in [0.29, 0.717) is 18.6 Å².